The molecule has 1 atom stereocenters. The number of nitrogens with zero attached hydrogens (tertiary/aromatic N) is 1. The molecule has 35 heavy (non-hydrogen) atoms. The van der Waals surface area contributed by atoms with Crippen LogP contribution < -0.4 is 16.0 Å². The largest absolute Gasteiger partial charge is 0.462 e. The summed E-state index contributed by atoms with van der Waals surface area (Å²) in [5.74, 6) is -0.376. The number of rotatable bonds is 13. The monoisotopic (exact) mass is 481 g/mol. The van der Waals surface area contributed by atoms with Crippen molar-refractivity contribution in [2.75, 3.05) is 38.3 Å². The number of amides is 2. The highest BCUT2D eigenvalue weighted by atomic mass is 16.5. The highest BCUT2D eigenvalue weighted by Gasteiger charge is 2.35. The molecule has 0 bridgehead atoms. The summed E-state index contributed by atoms with van der Waals surface area (Å²) in [6.45, 7) is 4.29. The number of carbonyl (C=O) groups excluding carboxylic acids is 2. The number of primary amides is 1. The van der Waals surface area contributed by atoms with Crippen LogP contribution in [-0.4, -0.2) is 45.4 Å². The zero-order valence-electron chi connectivity index (χ0n) is 21.1. The predicted molar refractivity (Wildman–Crippen MR) is 139 cm³/mol. The van der Waals surface area contributed by atoms with Crippen LogP contribution in [-0.2, 0) is 21.4 Å². The molecule has 0 saturated carbocycles. The second-order valence-corrected chi connectivity index (χ2v) is 9.08. The van der Waals surface area contributed by atoms with Gasteiger partial charge in [0.05, 0.1) is 12.2 Å². The molecule has 0 saturated heterocycles. The Labute approximate surface area is 209 Å². The molecule has 2 amide bonds. The SMILES string of the molecule is CCOC(=O)c1ccc(N(CCCC2(NCCCCOC)CCCc3ccccc32)C(N)=O)cc1. The number of unbranched alkanes of at least 4 members (excludes halogenated alkanes) is 1. The molecular weight excluding hydrogens is 442 g/mol. The van der Waals surface area contributed by atoms with Crippen LogP contribution in [0.25, 0.3) is 0 Å². The molecule has 0 aromatic heterocycles. The minimum Gasteiger partial charge on any atom is -0.462 e. The number of nitrogens with one attached hydrogen (secondary N) is 1. The summed E-state index contributed by atoms with van der Waals surface area (Å²) < 4.78 is 10.2. The number of hydrogen-bond acceptors (Lipinski definition) is 5. The number of esters is 1. The Morgan fingerprint density at radius 2 is 1.86 bits per heavy atom. The maximum absolute atomic E-state index is 12.3. The number of aryl methyl sites for hydroxylation is 1. The third-order valence-corrected chi connectivity index (χ3v) is 6.76. The number of ether oxygens (including phenoxy) is 2. The van der Waals surface area contributed by atoms with Crippen molar-refractivity contribution in [1.82, 2.24) is 5.32 Å². The molecule has 7 heteroatoms. The first kappa shape index (κ1) is 26.7. The van der Waals surface area contributed by atoms with Crippen LogP contribution in [0.1, 0.15) is 66.9 Å². The van der Waals surface area contributed by atoms with E-state index in [-0.39, 0.29) is 11.5 Å². The smallest absolute Gasteiger partial charge is 0.338 e. The maximum Gasteiger partial charge on any atom is 0.338 e. The van der Waals surface area contributed by atoms with Crippen molar-refractivity contribution < 1.29 is 19.1 Å². The van der Waals surface area contributed by atoms with E-state index < -0.39 is 6.03 Å². The average Bonchev–Trinajstić information content (AvgIpc) is 2.87. The van der Waals surface area contributed by atoms with E-state index in [1.54, 1.807) is 43.2 Å². The number of hydrogen-bond donors (Lipinski definition) is 2. The van der Waals surface area contributed by atoms with Crippen molar-refractivity contribution >= 4 is 17.7 Å². The average molecular weight is 482 g/mol. The first-order valence-electron chi connectivity index (χ1n) is 12.7. The van der Waals surface area contributed by atoms with Gasteiger partial charge in [0.1, 0.15) is 0 Å². The van der Waals surface area contributed by atoms with Crippen LogP contribution in [0.2, 0.25) is 0 Å². The number of nitrogens with two attached hydrogens (primary N) is 1. The molecule has 0 radical (unpaired) electrons. The van der Waals surface area contributed by atoms with E-state index in [2.05, 4.69) is 29.6 Å². The Kier molecular flexibility index (Phi) is 10.1. The fourth-order valence-electron chi connectivity index (χ4n) is 5.05. The van der Waals surface area contributed by atoms with Crippen LogP contribution in [0.4, 0.5) is 10.5 Å². The molecule has 0 aliphatic heterocycles. The molecule has 7 nitrogen and oxygen atoms in total. The molecule has 1 aliphatic carbocycles. The molecule has 0 fully saturated rings. The van der Waals surface area contributed by atoms with Gasteiger partial charge in [0, 0.05) is 31.5 Å². The highest BCUT2D eigenvalue weighted by molar-refractivity contribution is 5.93. The summed E-state index contributed by atoms with van der Waals surface area (Å²) in [4.78, 5) is 25.8. The van der Waals surface area contributed by atoms with Gasteiger partial charge in [-0.1, -0.05) is 24.3 Å². The zero-order chi connectivity index (χ0) is 25.1. The summed E-state index contributed by atoms with van der Waals surface area (Å²) in [6, 6.07) is 15.0. The minimum absolute atomic E-state index is 0.112. The van der Waals surface area contributed by atoms with Crippen molar-refractivity contribution in [3.63, 3.8) is 0 Å². The Morgan fingerprint density at radius 1 is 1.09 bits per heavy atom. The lowest BCUT2D eigenvalue weighted by Crippen LogP contribution is -2.46. The molecule has 190 valence electrons. The number of fused-ring (bicyclic) bond motifs is 1. The number of methoxy groups -OCH3 is 1. The molecule has 2 aromatic rings. The molecule has 1 aliphatic rings. The van der Waals surface area contributed by atoms with Gasteiger partial charge in [-0.2, -0.15) is 0 Å². The van der Waals surface area contributed by atoms with Crippen molar-refractivity contribution in [1.29, 1.82) is 0 Å². The third-order valence-electron chi connectivity index (χ3n) is 6.76. The van der Waals surface area contributed by atoms with Gasteiger partial charge in [-0.3, -0.25) is 4.90 Å². The molecule has 2 aromatic carbocycles. The highest BCUT2D eigenvalue weighted by Crippen LogP contribution is 2.39. The first-order valence-corrected chi connectivity index (χ1v) is 12.7. The van der Waals surface area contributed by atoms with Gasteiger partial charge in [0.2, 0.25) is 0 Å². The van der Waals surface area contributed by atoms with E-state index in [1.807, 2.05) is 0 Å². The van der Waals surface area contributed by atoms with Crippen LogP contribution in [0.5, 0.6) is 0 Å². The first-order chi connectivity index (χ1) is 17.0. The van der Waals surface area contributed by atoms with Crippen LogP contribution in [0.3, 0.4) is 0 Å². The van der Waals surface area contributed by atoms with E-state index in [9.17, 15) is 9.59 Å². The maximum atomic E-state index is 12.3. The minimum atomic E-state index is -0.500. The molecular formula is C28H39N3O4. The number of urea groups is 1. The molecule has 1 unspecified atom stereocenters. The van der Waals surface area contributed by atoms with Gasteiger partial charge in [-0.15, -0.1) is 0 Å². The molecule has 0 heterocycles. The van der Waals surface area contributed by atoms with E-state index in [1.165, 1.54) is 11.1 Å². The van der Waals surface area contributed by atoms with E-state index >= 15 is 0 Å². The lowest BCUT2D eigenvalue weighted by Gasteiger charge is -2.41. The second kappa shape index (κ2) is 13.3. The topological polar surface area (TPSA) is 93.9 Å². The summed E-state index contributed by atoms with van der Waals surface area (Å²) >= 11 is 0. The Morgan fingerprint density at radius 3 is 2.57 bits per heavy atom. The number of anilines is 1. The van der Waals surface area contributed by atoms with Crippen LogP contribution >= 0.6 is 0 Å². The standard InChI is InChI=1S/C28H39N3O4/c1-3-35-26(32)23-13-15-24(16-14-23)31(27(29)33)20-9-18-28(30-19-6-7-21-34-2)17-8-11-22-10-4-5-12-25(22)28/h4-5,10,12-16,30H,3,6-9,11,17-21H2,1-2H3,(H2,29,33). The van der Waals surface area contributed by atoms with Gasteiger partial charge < -0.3 is 20.5 Å². The molecule has 3 N–H and O–H groups in total. The molecule has 0 spiro atoms. The summed E-state index contributed by atoms with van der Waals surface area (Å²) in [7, 11) is 1.74. The van der Waals surface area contributed by atoms with Crippen LogP contribution in [0.15, 0.2) is 48.5 Å². The normalized spacial score (nSPS) is 17.0. The Bertz CT molecular complexity index is 963. The summed E-state index contributed by atoms with van der Waals surface area (Å²) in [5, 5.41) is 3.88. The van der Waals surface area contributed by atoms with Gasteiger partial charge >= 0.3 is 12.0 Å². The zero-order valence-corrected chi connectivity index (χ0v) is 21.1. The van der Waals surface area contributed by atoms with Crippen molar-refractivity contribution in [3.8, 4) is 0 Å². The van der Waals surface area contributed by atoms with Crippen molar-refractivity contribution in [2.45, 2.75) is 57.4 Å². The fourth-order valence-corrected chi connectivity index (χ4v) is 5.05. The van der Waals surface area contributed by atoms with E-state index in [0.29, 0.717) is 24.4 Å². The predicted octanol–water partition coefficient (Wildman–Crippen LogP) is 4.78. The van der Waals surface area contributed by atoms with Crippen LogP contribution in [0, 0.1) is 0 Å². The third kappa shape index (κ3) is 7.05. The van der Waals surface area contributed by atoms with Gasteiger partial charge in [0.25, 0.3) is 0 Å². The van der Waals surface area contributed by atoms with Gasteiger partial charge in [0.15, 0.2) is 0 Å². The fraction of sp³-hybridized carbons (Fsp3) is 0.500. The lowest BCUT2D eigenvalue weighted by atomic mass is 9.73. The number of carbonyl (C=O) groups is 2. The number of benzene rings is 2. The van der Waals surface area contributed by atoms with Crippen molar-refractivity contribution in [3.05, 3.63) is 65.2 Å². The summed E-state index contributed by atoms with van der Waals surface area (Å²) in [5.41, 5.74) is 9.54. The lowest BCUT2D eigenvalue weighted by molar-refractivity contribution is 0.0526. The Balaban J connectivity index is 1.70. The van der Waals surface area contributed by atoms with Gasteiger partial charge in [-0.25, -0.2) is 9.59 Å². The Hall–Kier alpha value is -2.90. The summed E-state index contributed by atoms with van der Waals surface area (Å²) in [6.07, 6.45) is 7.08. The molecule has 3 rings (SSSR count). The van der Waals surface area contributed by atoms with E-state index in [0.717, 1.165) is 58.1 Å². The quantitative estimate of drug-likeness (QED) is 0.317. The van der Waals surface area contributed by atoms with Crippen molar-refractivity contribution in [2.24, 2.45) is 5.73 Å². The second-order valence-electron chi connectivity index (χ2n) is 9.08. The van der Waals surface area contributed by atoms with Gasteiger partial charge in [-0.05, 0) is 93.8 Å². The van der Waals surface area contributed by atoms with E-state index in [4.69, 9.17) is 15.2 Å².